The van der Waals surface area contributed by atoms with Crippen LogP contribution in [0.1, 0.15) is 5.69 Å². The van der Waals surface area contributed by atoms with Gasteiger partial charge in [0.25, 0.3) is 0 Å². The fraction of sp³-hybridized carbons (Fsp3) is 0.217. The molecule has 0 saturated carbocycles. The summed E-state index contributed by atoms with van der Waals surface area (Å²) in [6, 6.07) is 22.9. The van der Waals surface area contributed by atoms with Gasteiger partial charge in [0.2, 0.25) is 0 Å². The van der Waals surface area contributed by atoms with Gasteiger partial charge in [-0.15, -0.1) is 0 Å². The summed E-state index contributed by atoms with van der Waals surface area (Å²) >= 11 is 0. The number of hydrogen-bond donors (Lipinski definition) is 0. The third-order valence-electron chi connectivity index (χ3n) is 5.18. The van der Waals surface area contributed by atoms with Gasteiger partial charge in [-0.2, -0.15) is 5.10 Å². The first kappa shape index (κ1) is 17.1. The largest absolute Gasteiger partial charge is 0.379 e. The number of nitrogens with zero attached hydrogens (tertiary/aromatic N) is 4. The van der Waals surface area contributed by atoms with Crippen molar-refractivity contribution in [1.82, 2.24) is 19.5 Å². The van der Waals surface area contributed by atoms with Crippen LogP contribution >= 0.6 is 0 Å². The zero-order valence-corrected chi connectivity index (χ0v) is 15.7. The summed E-state index contributed by atoms with van der Waals surface area (Å²) in [4.78, 5) is 7.13. The highest BCUT2D eigenvalue weighted by molar-refractivity contribution is 5.80. The van der Waals surface area contributed by atoms with E-state index in [1.165, 1.54) is 0 Å². The molecule has 1 fully saturated rings. The SMILES string of the molecule is c1ccc(-c2cc(-c3ccccc3)c3ncc(CN4CCOCC4)n3n2)cc1. The number of aromatic nitrogens is 3. The van der Waals surface area contributed by atoms with E-state index in [1.807, 2.05) is 35.0 Å². The van der Waals surface area contributed by atoms with Crippen LogP contribution in [0.3, 0.4) is 0 Å². The molecule has 0 unspecified atom stereocenters. The van der Waals surface area contributed by atoms with Crippen molar-refractivity contribution in [1.29, 1.82) is 0 Å². The molecule has 5 heteroatoms. The van der Waals surface area contributed by atoms with Gasteiger partial charge in [-0.05, 0) is 11.6 Å². The maximum absolute atomic E-state index is 5.48. The second-order valence-corrected chi connectivity index (χ2v) is 7.05. The molecule has 3 heterocycles. The van der Waals surface area contributed by atoms with Gasteiger partial charge in [0.05, 0.1) is 30.8 Å². The first-order valence-electron chi connectivity index (χ1n) is 9.67. The molecular formula is C23H22N4O. The molecule has 28 heavy (non-hydrogen) atoms. The van der Waals surface area contributed by atoms with E-state index in [-0.39, 0.29) is 0 Å². The molecule has 140 valence electrons. The maximum Gasteiger partial charge on any atom is 0.161 e. The molecule has 5 nitrogen and oxygen atoms in total. The Labute approximate surface area is 164 Å². The molecular weight excluding hydrogens is 348 g/mol. The van der Waals surface area contributed by atoms with Crippen LogP contribution < -0.4 is 0 Å². The fourth-order valence-corrected chi connectivity index (χ4v) is 3.69. The van der Waals surface area contributed by atoms with Crippen LogP contribution in [0.5, 0.6) is 0 Å². The summed E-state index contributed by atoms with van der Waals surface area (Å²) in [5, 5.41) is 4.95. The molecule has 1 saturated heterocycles. The predicted octanol–water partition coefficient (Wildman–Crippen LogP) is 3.90. The van der Waals surface area contributed by atoms with Gasteiger partial charge >= 0.3 is 0 Å². The second kappa shape index (κ2) is 7.54. The molecule has 0 aliphatic carbocycles. The second-order valence-electron chi connectivity index (χ2n) is 7.05. The third-order valence-corrected chi connectivity index (χ3v) is 5.18. The normalized spacial score (nSPS) is 15.1. The van der Waals surface area contributed by atoms with Crippen molar-refractivity contribution in [2.45, 2.75) is 6.54 Å². The Hall–Kier alpha value is -3.02. The molecule has 0 bridgehead atoms. The standard InChI is InChI=1S/C23H22N4O/c1-3-7-18(8-4-1)21-15-22(19-9-5-2-6-10-19)25-27-20(16-24-23(21)27)17-26-11-13-28-14-12-26/h1-10,15-16H,11-14,17H2. The lowest BCUT2D eigenvalue weighted by atomic mass is 10.0. The van der Waals surface area contributed by atoms with Crippen molar-refractivity contribution < 1.29 is 4.74 Å². The van der Waals surface area contributed by atoms with E-state index < -0.39 is 0 Å². The monoisotopic (exact) mass is 370 g/mol. The quantitative estimate of drug-likeness (QED) is 0.546. The molecule has 0 spiro atoms. The van der Waals surface area contributed by atoms with Gasteiger partial charge in [0.15, 0.2) is 5.65 Å². The van der Waals surface area contributed by atoms with Crippen LogP contribution in [0.15, 0.2) is 72.9 Å². The summed E-state index contributed by atoms with van der Waals surface area (Å²) in [6.07, 6.45) is 1.96. The van der Waals surface area contributed by atoms with Gasteiger partial charge < -0.3 is 4.74 Å². The molecule has 0 atom stereocenters. The Balaban J connectivity index is 1.65. The van der Waals surface area contributed by atoms with Crippen LogP contribution in [0.4, 0.5) is 0 Å². The Kier molecular flexibility index (Phi) is 4.61. The highest BCUT2D eigenvalue weighted by Gasteiger charge is 2.17. The molecule has 1 aliphatic rings. The van der Waals surface area contributed by atoms with E-state index in [2.05, 4.69) is 47.4 Å². The average molecular weight is 370 g/mol. The molecule has 5 rings (SSSR count). The van der Waals surface area contributed by atoms with Crippen molar-refractivity contribution in [3.8, 4) is 22.4 Å². The zero-order valence-electron chi connectivity index (χ0n) is 15.7. The van der Waals surface area contributed by atoms with Crippen LogP contribution in [0.2, 0.25) is 0 Å². The number of fused-ring (bicyclic) bond motifs is 1. The Morgan fingerprint density at radius 3 is 2.25 bits per heavy atom. The topological polar surface area (TPSA) is 42.7 Å². The number of rotatable bonds is 4. The first-order valence-corrected chi connectivity index (χ1v) is 9.67. The third kappa shape index (κ3) is 3.30. The minimum atomic E-state index is 0.786. The summed E-state index contributed by atoms with van der Waals surface area (Å²) in [6.45, 7) is 4.28. The number of ether oxygens (including phenoxy) is 1. The van der Waals surface area contributed by atoms with Crippen LogP contribution in [-0.2, 0) is 11.3 Å². The van der Waals surface area contributed by atoms with E-state index in [9.17, 15) is 0 Å². The molecule has 2 aromatic carbocycles. The van der Waals surface area contributed by atoms with Crippen molar-refractivity contribution in [3.63, 3.8) is 0 Å². The number of morpholine rings is 1. The minimum Gasteiger partial charge on any atom is -0.379 e. The summed E-state index contributed by atoms with van der Waals surface area (Å²) in [7, 11) is 0. The van der Waals surface area contributed by atoms with Crippen molar-refractivity contribution in [2.24, 2.45) is 0 Å². The van der Waals surface area contributed by atoms with E-state index in [0.29, 0.717) is 0 Å². The van der Waals surface area contributed by atoms with Crippen LogP contribution in [-0.4, -0.2) is 45.8 Å². The predicted molar refractivity (Wildman–Crippen MR) is 110 cm³/mol. The molecule has 4 aromatic rings. The van der Waals surface area contributed by atoms with E-state index >= 15 is 0 Å². The number of benzene rings is 2. The van der Waals surface area contributed by atoms with Gasteiger partial charge in [-0.3, -0.25) is 4.90 Å². The molecule has 2 aromatic heterocycles. The lowest BCUT2D eigenvalue weighted by Crippen LogP contribution is -2.36. The van der Waals surface area contributed by atoms with Crippen LogP contribution in [0, 0.1) is 0 Å². The lowest BCUT2D eigenvalue weighted by Gasteiger charge is -2.26. The summed E-state index contributed by atoms with van der Waals surface area (Å²) in [5.41, 5.74) is 6.31. The smallest absolute Gasteiger partial charge is 0.161 e. The maximum atomic E-state index is 5.48. The Morgan fingerprint density at radius 2 is 1.54 bits per heavy atom. The number of imidazole rings is 1. The summed E-state index contributed by atoms with van der Waals surface area (Å²) < 4.78 is 7.49. The fourth-order valence-electron chi connectivity index (χ4n) is 3.69. The Bertz CT molecular complexity index is 1070. The Morgan fingerprint density at radius 1 is 0.857 bits per heavy atom. The minimum absolute atomic E-state index is 0.786. The van der Waals surface area contributed by atoms with Crippen LogP contribution in [0.25, 0.3) is 28.0 Å². The van der Waals surface area contributed by atoms with Gasteiger partial charge in [0, 0.05) is 30.8 Å². The van der Waals surface area contributed by atoms with Crippen molar-refractivity contribution >= 4 is 5.65 Å². The molecule has 0 amide bonds. The van der Waals surface area contributed by atoms with E-state index in [1.54, 1.807) is 0 Å². The zero-order chi connectivity index (χ0) is 18.8. The molecule has 1 aliphatic heterocycles. The molecule has 0 N–H and O–H groups in total. The summed E-state index contributed by atoms with van der Waals surface area (Å²) in [5.74, 6) is 0. The first-order chi connectivity index (χ1) is 13.9. The number of hydrogen-bond acceptors (Lipinski definition) is 4. The van der Waals surface area contributed by atoms with E-state index in [4.69, 9.17) is 14.8 Å². The highest BCUT2D eigenvalue weighted by atomic mass is 16.5. The van der Waals surface area contributed by atoms with E-state index in [0.717, 1.165) is 66.6 Å². The van der Waals surface area contributed by atoms with Crippen molar-refractivity contribution in [2.75, 3.05) is 26.3 Å². The highest BCUT2D eigenvalue weighted by Crippen LogP contribution is 2.29. The van der Waals surface area contributed by atoms with Gasteiger partial charge in [-0.1, -0.05) is 60.7 Å². The van der Waals surface area contributed by atoms with Gasteiger partial charge in [-0.25, -0.2) is 9.50 Å². The van der Waals surface area contributed by atoms with Gasteiger partial charge in [0.1, 0.15) is 0 Å². The average Bonchev–Trinajstić information content (AvgIpc) is 3.18. The lowest BCUT2D eigenvalue weighted by molar-refractivity contribution is 0.0334. The van der Waals surface area contributed by atoms with Crippen molar-refractivity contribution in [3.05, 3.63) is 78.6 Å². The molecule has 0 radical (unpaired) electrons.